The zero-order chi connectivity index (χ0) is 20.8. The number of carbonyl (C=O) groups is 2. The number of rotatable bonds is 8. The van der Waals surface area contributed by atoms with E-state index in [1.807, 2.05) is 24.4 Å². The van der Waals surface area contributed by atoms with Gasteiger partial charge < -0.3 is 10.1 Å². The van der Waals surface area contributed by atoms with Crippen molar-refractivity contribution >= 4 is 41.1 Å². The summed E-state index contributed by atoms with van der Waals surface area (Å²) in [6, 6.07) is 9.89. The summed E-state index contributed by atoms with van der Waals surface area (Å²) in [6.07, 6.45) is 1.80. The molecule has 1 unspecified atom stereocenters. The third-order valence-corrected chi connectivity index (χ3v) is 5.49. The Kier molecular flexibility index (Phi) is 6.95. The number of nitrogens with zero attached hydrogens (tertiary/aromatic N) is 2. The number of benzene rings is 1. The molecule has 0 bridgehead atoms. The summed E-state index contributed by atoms with van der Waals surface area (Å²) in [5.41, 5.74) is 1.03. The van der Waals surface area contributed by atoms with Crippen molar-refractivity contribution in [1.29, 1.82) is 0 Å². The molecule has 29 heavy (non-hydrogen) atoms. The lowest BCUT2D eigenvalue weighted by Crippen LogP contribution is -2.24. The van der Waals surface area contributed by atoms with Crippen molar-refractivity contribution in [2.45, 2.75) is 32.7 Å². The van der Waals surface area contributed by atoms with Crippen LogP contribution >= 0.6 is 23.6 Å². The first-order valence-electron chi connectivity index (χ1n) is 9.30. The first kappa shape index (κ1) is 20.9. The average molecular weight is 431 g/mol. The molecule has 152 valence electrons. The quantitative estimate of drug-likeness (QED) is 0.304. The highest BCUT2D eigenvalue weighted by Gasteiger charge is 2.21. The standard InChI is InChI=1S/C20H22N4O3S2/c1-3-4-11-27-19(26)14-7-9-15(10-8-14)21-18(25)13(2)24-17(22-23-20(24)28)16-6-5-12-29-16/h5-10,12-13H,3-4,11H2,1-2H3,(H,21,25)(H,23,28). The number of ether oxygens (including phenoxy) is 1. The fourth-order valence-electron chi connectivity index (χ4n) is 2.69. The summed E-state index contributed by atoms with van der Waals surface area (Å²) < 4.78 is 7.25. The molecular formula is C20H22N4O3S2. The van der Waals surface area contributed by atoms with E-state index in [0.717, 1.165) is 17.7 Å². The Hall–Kier alpha value is -2.78. The Morgan fingerprint density at radius 3 is 2.72 bits per heavy atom. The highest BCUT2D eigenvalue weighted by molar-refractivity contribution is 7.71. The van der Waals surface area contributed by atoms with Crippen molar-refractivity contribution in [3.05, 3.63) is 52.1 Å². The summed E-state index contributed by atoms with van der Waals surface area (Å²) in [5, 5.41) is 11.8. The fourth-order valence-corrected chi connectivity index (χ4v) is 3.69. The maximum absolute atomic E-state index is 12.8. The number of nitrogens with one attached hydrogen (secondary N) is 2. The molecule has 0 aliphatic rings. The molecule has 0 saturated heterocycles. The number of esters is 1. The molecule has 3 rings (SSSR count). The molecule has 0 aliphatic heterocycles. The largest absolute Gasteiger partial charge is 0.462 e. The van der Waals surface area contributed by atoms with Crippen molar-refractivity contribution in [2.24, 2.45) is 0 Å². The highest BCUT2D eigenvalue weighted by Crippen LogP contribution is 2.26. The van der Waals surface area contributed by atoms with E-state index in [0.29, 0.717) is 28.5 Å². The van der Waals surface area contributed by atoms with Gasteiger partial charge in [0.2, 0.25) is 5.91 Å². The van der Waals surface area contributed by atoms with Gasteiger partial charge in [-0.25, -0.2) is 4.79 Å². The Labute approximate surface area is 177 Å². The third-order valence-electron chi connectivity index (χ3n) is 4.33. The second-order valence-corrected chi connectivity index (χ2v) is 7.77. The van der Waals surface area contributed by atoms with Crippen LogP contribution in [0.2, 0.25) is 0 Å². The molecule has 7 nitrogen and oxygen atoms in total. The van der Waals surface area contributed by atoms with Crippen LogP contribution in [0.25, 0.3) is 10.7 Å². The van der Waals surface area contributed by atoms with Crippen molar-refractivity contribution in [3.63, 3.8) is 0 Å². The van der Waals surface area contributed by atoms with Crippen molar-refractivity contribution in [1.82, 2.24) is 14.8 Å². The Balaban J connectivity index is 1.69. The van der Waals surface area contributed by atoms with Crippen molar-refractivity contribution < 1.29 is 14.3 Å². The maximum Gasteiger partial charge on any atom is 0.338 e. The van der Waals surface area contributed by atoms with Crippen LogP contribution in [-0.4, -0.2) is 33.2 Å². The number of aromatic nitrogens is 3. The molecule has 2 heterocycles. The second-order valence-electron chi connectivity index (χ2n) is 6.43. The van der Waals surface area contributed by atoms with Gasteiger partial charge in [-0.15, -0.1) is 11.3 Å². The molecule has 1 aromatic carbocycles. The number of hydrogen-bond donors (Lipinski definition) is 2. The zero-order valence-corrected chi connectivity index (χ0v) is 17.8. The number of hydrogen-bond acceptors (Lipinski definition) is 6. The Morgan fingerprint density at radius 2 is 2.07 bits per heavy atom. The molecule has 2 N–H and O–H groups in total. The minimum atomic E-state index is -0.572. The minimum Gasteiger partial charge on any atom is -0.462 e. The topological polar surface area (TPSA) is 89.0 Å². The molecule has 0 aliphatic carbocycles. The Morgan fingerprint density at radius 1 is 1.31 bits per heavy atom. The number of amides is 1. The smallest absolute Gasteiger partial charge is 0.338 e. The van der Waals surface area contributed by atoms with E-state index >= 15 is 0 Å². The molecule has 1 atom stereocenters. The summed E-state index contributed by atoms with van der Waals surface area (Å²) >= 11 is 6.84. The fraction of sp³-hybridized carbons (Fsp3) is 0.300. The van der Waals surface area contributed by atoms with Gasteiger partial charge in [-0.2, -0.15) is 5.10 Å². The van der Waals surface area contributed by atoms with Gasteiger partial charge in [0.25, 0.3) is 0 Å². The van der Waals surface area contributed by atoms with E-state index in [4.69, 9.17) is 17.0 Å². The predicted molar refractivity (Wildman–Crippen MR) is 116 cm³/mol. The van der Waals surface area contributed by atoms with Crippen LogP contribution in [-0.2, 0) is 9.53 Å². The van der Waals surface area contributed by atoms with Crippen LogP contribution in [0.4, 0.5) is 5.69 Å². The molecule has 3 aromatic rings. The third kappa shape index (κ3) is 4.99. The molecule has 2 aromatic heterocycles. The minimum absolute atomic E-state index is 0.237. The SMILES string of the molecule is CCCCOC(=O)c1ccc(NC(=O)C(C)n2c(-c3cccs3)n[nH]c2=S)cc1. The normalized spacial score (nSPS) is 11.8. The number of carbonyl (C=O) groups excluding carboxylic acids is 2. The summed E-state index contributed by atoms with van der Waals surface area (Å²) in [6.45, 7) is 4.20. The van der Waals surface area contributed by atoms with E-state index in [-0.39, 0.29) is 11.9 Å². The van der Waals surface area contributed by atoms with E-state index < -0.39 is 6.04 Å². The van der Waals surface area contributed by atoms with Crippen LogP contribution in [0.15, 0.2) is 41.8 Å². The second kappa shape index (κ2) is 9.62. The number of thiophene rings is 1. The van der Waals surface area contributed by atoms with Crippen molar-refractivity contribution in [3.8, 4) is 10.7 Å². The first-order valence-corrected chi connectivity index (χ1v) is 10.6. The molecule has 0 spiro atoms. The van der Waals surface area contributed by atoms with Gasteiger partial charge >= 0.3 is 5.97 Å². The van der Waals surface area contributed by atoms with E-state index in [2.05, 4.69) is 15.5 Å². The monoisotopic (exact) mass is 430 g/mol. The van der Waals surface area contributed by atoms with Gasteiger partial charge in [0.1, 0.15) is 6.04 Å². The average Bonchev–Trinajstić information content (AvgIpc) is 3.37. The van der Waals surface area contributed by atoms with Gasteiger partial charge in [0.15, 0.2) is 10.6 Å². The molecule has 0 radical (unpaired) electrons. The van der Waals surface area contributed by atoms with Gasteiger partial charge in [0.05, 0.1) is 17.0 Å². The molecular weight excluding hydrogens is 408 g/mol. The lowest BCUT2D eigenvalue weighted by atomic mass is 10.2. The Bertz CT molecular complexity index is 1020. The number of anilines is 1. The summed E-state index contributed by atoms with van der Waals surface area (Å²) in [5.74, 6) is 0.0198. The molecule has 0 saturated carbocycles. The van der Waals surface area contributed by atoms with Crippen LogP contribution in [0, 0.1) is 4.77 Å². The van der Waals surface area contributed by atoms with E-state index in [9.17, 15) is 9.59 Å². The van der Waals surface area contributed by atoms with Gasteiger partial charge in [0, 0.05) is 5.69 Å². The molecule has 0 fully saturated rings. The van der Waals surface area contributed by atoms with Crippen LogP contribution in [0.3, 0.4) is 0 Å². The molecule has 9 heteroatoms. The number of aromatic amines is 1. The predicted octanol–water partition coefficient (Wildman–Crippen LogP) is 4.83. The van der Waals surface area contributed by atoms with Crippen molar-refractivity contribution in [2.75, 3.05) is 11.9 Å². The maximum atomic E-state index is 12.8. The van der Waals surface area contributed by atoms with Gasteiger partial charge in [-0.3, -0.25) is 14.5 Å². The van der Waals surface area contributed by atoms with Gasteiger partial charge in [-0.05, 0) is 61.3 Å². The summed E-state index contributed by atoms with van der Waals surface area (Å²) in [7, 11) is 0. The first-order chi connectivity index (χ1) is 14.0. The number of H-pyrrole nitrogens is 1. The van der Waals surface area contributed by atoms with E-state index in [1.165, 1.54) is 11.3 Å². The van der Waals surface area contributed by atoms with E-state index in [1.54, 1.807) is 35.8 Å². The van der Waals surface area contributed by atoms with Crippen LogP contribution < -0.4 is 5.32 Å². The summed E-state index contributed by atoms with van der Waals surface area (Å²) in [4.78, 5) is 25.7. The lowest BCUT2D eigenvalue weighted by Gasteiger charge is -2.15. The zero-order valence-electron chi connectivity index (χ0n) is 16.2. The lowest BCUT2D eigenvalue weighted by molar-refractivity contribution is -0.118. The number of unbranched alkanes of at least 4 members (excludes halogenated alkanes) is 1. The van der Waals surface area contributed by atoms with Gasteiger partial charge in [-0.1, -0.05) is 19.4 Å². The van der Waals surface area contributed by atoms with Crippen LogP contribution in [0.1, 0.15) is 43.1 Å². The van der Waals surface area contributed by atoms with Crippen LogP contribution in [0.5, 0.6) is 0 Å². The highest BCUT2D eigenvalue weighted by atomic mass is 32.1. The molecule has 1 amide bonds.